The number of hydrogen-bond acceptors (Lipinski definition) is 2. The van der Waals surface area contributed by atoms with E-state index in [4.69, 9.17) is 4.74 Å². The topological polar surface area (TPSA) is 30.4 Å². The fraction of sp³-hybridized carbons (Fsp3) is 0.625. The molecule has 0 spiro atoms. The average Bonchev–Trinajstić information content (AvgIpc) is 2.74. The number of rotatable bonds is 2. The third-order valence-electron chi connectivity index (χ3n) is 2.16. The Bertz CT molecular complexity index is 263. The first-order valence-electron chi connectivity index (χ1n) is 3.86. The Morgan fingerprint density at radius 1 is 1.82 bits per heavy atom. The van der Waals surface area contributed by atoms with Crippen LogP contribution in [-0.4, -0.2) is 22.3 Å². The van der Waals surface area contributed by atoms with Gasteiger partial charge in [0, 0.05) is 25.4 Å². The quantitative estimate of drug-likeness (QED) is 0.583. The first-order chi connectivity index (χ1) is 5.27. The van der Waals surface area contributed by atoms with Gasteiger partial charge in [0.2, 0.25) is 0 Å². The molecule has 3 nitrogen and oxygen atoms in total. The lowest BCUT2D eigenvalue weighted by molar-refractivity contribution is 0.404. The van der Waals surface area contributed by atoms with Crippen LogP contribution >= 0.6 is 0 Å². The molecule has 0 N–H and O–H groups in total. The van der Waals surface area contributed by atoms with Crippen LogP contribution in [0.4, 0.5) is 0 Å². The molecule has 1 aliphatic heterocycles. The summed E-state index contributed by atoms with van der Waals surface area (Å²) >= 11 is 0. The van der Waals surface area contributed by atoms with Crippen molar-refractivity contribution in [3.05, 3.63) is 17.7 Å². The summed E-state index contributed by atoms with van der Waals surface area (Å²) in [4.78, 5) is 4.20. The minimum absolute atomic E-state index is 0.463. The van der Waals surface area contributed by atoms with Crippen LogP contribution in [-0.2, 0) is 18.2 Å². The van der Waals surface area contributed by atoms with Gasteiger partial charge < -0.3 is 9.30 Å². The van der Waals surface area contributed by atoms with E-state index < -0.39 is 0 Å². The largest absolute Gasteiger partial charge is 0.373 e. The van der Waals surface area contributed by atoms with Crippen LogP contribution in [0.5, 0.6) is 0 Å². The summed E-state index contributed by atoms with van der Waals surface area (Å²) in [5.41, 5.74) is 1.27. The highest BCUT2D eigenvalue weighted by atomic mass is 16.6. The number of epoxide rings is 1. The first-order valence-corrected chi connectivity index (χ1v) is 3.86. The molecule has 1 aromatic heterocycles. The van der Waals surface area contributed by atoms with Crippen molar-refractivity contribution in [3.8, 4) is 0 Å². The second kappa shape index (κ2) is 2.34. The van der Waals surface area contributed by atoms with Gasteiger partial charge in [0.05, 0.1) is 12.7 Å². The highest BCUT2D eigenvalue weighted by molar-refractivity contribution is 5.06. The normalized spacial score (nSPS) is 22.2. The number of hydrogen-bond donors (Lipinski definition) is 0. The Kier molecular flexibility index (Phi) is 1.46. The molecular weight excluding hydrogens is 140 g/mol. The third kappa shape index (κ3) is 1.28. The maximum atomic E-state index is 5.14. The molecule has 1 saturated heterocycles. The maximum Gasteiger partial charge on any atom is 0.105 e. The van der Waals surface area contributed by atoms with Crippen molar-refractivity contribution in [1.82, 2.24) is 9.55 Å². The lowest BCUT2D eigenvalue weighted by Crippen LogP contribution is -2.01. The molecular formula is C8H12N2O. The summed E-state index contributed by atoms with van der Waals surface area (Å²) in [6.07, 6.45) is 3.40. The molecule has 0 radical (unpaired) electrons. The van der Waals surface area contributed by atoms with Gasteiger partial charge in [-0.15, -0.1) is 0 Å². The monoisotopic (exact) mass is 152 g/mol. The molecule has 0 amide bonds. The number of ether oxygens (including phenoxy) is 1. The molecule has 2 heterocycles. The van der Waals surface area contributed by atoms with Gasteiger partial charge in [0.15, 0.2) is 0 Å². The first kappa shape index (κ1) is 6.85. The van der Waals surface area contributed by atoms with E-state index in [1.807, 2.05) is 20.2 Å². The van der Waals surface area contributed by atoms with Crippen LogP contribution in [0, 0.1) is 6.92 Å². The average molecular weight is 152 g/mol. The summed E-state index contributed by atoms with van der Waals surface area (Å²) in [7, 11) is 2.04. The van der Waals surface area contributed by atoms with E-state index >= 15 is 0 Å². The fourth-order valence-corrected chi connectivity index (χ4v) is 1.16. The van der Waals surface area contributed by atoms with Crippen LogP contribution in [0.3, 0.4) is 0 Å². The smallest absolute Gasteiger partial charge is 0.105 e. The van der Waals surface area contributed by atoms with E-state index in [-0.39, 0.29) is 0 Å². The molecule has 1 aliphatic rings. The van der Waals surface area contributed by atoms with Gasteiger partial charge in [-0.3, -0.25) is 0 Å². The van der Waals surface area contributed by atoms with Gasteiger partial charge >= 0.3 is 0 Å². The van der Waals surface area contributed by atoms with Gasteiger partial charge in [-0.25, -0.2) is 4.98 Å². The summed E-state index contributed by atoms with van der Waals surface area (Å²) < 4.78 is 7.25. The van der Waals surface area contributed by atoms with E-state index in [0.717, 1.165) is 18.9 Å². The van der Waals surface area contributed by atoms with Crippen molar-refractivity contribution in [1.29, 1.82) is 0 Å². The Hall–Kier alpha value is -0.830. The number of aryl methyl sites for hydroxylation is 1. The zero-order chi connectivity index (χ0) is 7.84. The Morgan fingerprint density at radius 3 is 3.00 bits per heavy atom. The van der Waals surface area contributed by atoms with E-state index in [0.29, 0.717) is 6.10 Å². The van der Waals surface area contributed by atoms with Crippen LogP contribution < -0.4 is 0 Å². The minimum Gasteiger partial charge on any atom is -0.373 e. The summed E-state index contributed by atoms with van der Waals surface area (Å²) in [6, 6.07) is 0. The molecule has 1 fully saturated rings. The van der Waals surface area contributed by atoms with Gasteiger partial charge in [-0.2, -0.15) is 0 Å². The van der Waals surface area contributed by atoms with Crippen molar-refractivity contribution in [3.63, 3.8) is 0 Å². The molecule has 0 bridgehead atoms. The molecule has 0 saturated carbocycles. The zero-order valence-electron chi connectivity index (χ0n) is 6.87. The molecule has 1 atom stereocenters. The fourth-order valence-electron chi connectivity index (χ4n) is 1.16. The summed E-state index contributed by atoms with van der Waals surface area (Å²) in [5.74, 6) is 1.07. The standard InChI is InChI=1S/C8H12N2O/c1-6-9-4-7(10(6)2)3-8-5-11-8/h4,8H,3,5H2,1-2H3. The lowest BCUT2D eigenvalue weighted by Gasteiger charge is -1.99. The molecule has 0 aromatic carbocycles. The SMILES string of the molecule is Cc1ncc(CC2CO2)n1C. The van der Waals surface area contributed by atoms with Crippen molar-refractivity contribution in [2.45, 2.75) is 19.4 Å². The predicted octanol–water partition coefficient (Wildman–Crippen LogP) is 0.670. The number of nitrogens with zero attached hydrogens (tertiary/aromatic N) is 2. The molecule has 1 aromatic rings. The summed E-state index contributed by atoms with van der Waals surface area (Å²) in [5, 5.41) is 0. The molecule has 3 heteroatoms. The number of aromatic nitrogens is 2. The lowest BCUT2D eigenvalue weighted by atomic mass is 10.3. The third-order valence-corrected chi connectivity index (χ3v) is 2.16. The van der Waals surface area contributed by atoms with E-state index in [1.165, 1.54) is 5.69 Å². The second-order valence-corrected chi connectivity index (χ2v) is 3.02. The van der Waals surface area contributed by atoms with Crippen LogP contribution in [0.25, 0.3) is 0 Å². The predicted molar refractivity (Wildman–Crippen MR) is 41.4 cm³/mol. The van der Waals surface area contributed by atoms with Gasteiger partial charge in [0.1, 0.15) is 5.82 Å². The zero-order valence-corrected chi connectivity index (χ0v) is 6.87. The van der Waals surface area contributed by atoms with Crippen molar-refractivity contribution < 1.29 is 4.74 Å². The van der Waals surface area contributed by atoms with Crippen molar-refractivity contribution >= 4 is 0 Å². The van der Waals surface area contributed by atoms with E-state index in [9.17, 15) is 0 Å². The molecule has 1 unspecified atom stereocenters. The molecule has 0 aliphatic carbocycles. The Balaban J connectivity index is 2.15. The molecule has 11 heavy (non-hydrogen) atoms. The van der Waals surface area contributed by atoms with Gasteiger partial charge in [-0.1, -0.05) is 0 Å². The van der Waals surface area contributed by atoms with E-state index in [1.54, 1.807) is 0 Å². The maximum absolute atomic E-state index is 5.14. The number of imidazole rings is 1. The van der Waals surface area contributed by atoms with Crippen molar-refractivity contribution in [2.24, 2.45) is 7.05 Å². The Morgan fingerprint density at radius 2 is 2.55 bits per heavy atom. The second-order valence-electron chi connectivity index (χ2n) is 3.02. The van der Waals surface area contributed by atoms with Crippen LogP contribution in [0.2, 0.25) is 0 Å². The van der Waals surface area contributed by atoms with Crippen LogP contribution in [0.15, 0.2) is 6.20 Å². The highest BCUT2D eigenvalue weighted by Crippen LogP contribution is 2.15. The Labute approximate surface area is 66.0 Å². The molecule has 60 valence electrons. The van der Waals surface area contributed by atoms with Crippen LogP contribution in [0.1, 0.15) is 11.5 Å². The van der Waals surface area contributed by atoms with E-state index in [2.05, 4.69) is 9.55 Å². The minimum atomic E-state index is 0.463. The summed E-state index contributed by atoms with van der Waals surface area (Å²) in [6.45, 7) is 2.93. The van der Waals surface area contributed by atoms with Gasteiger partial charge in [-0.05, 0) is 6.92 Å². The van der Waals surface area contributed by atoms with Crippen molar-refractivity contribution in [2.75, 3.05) is 6.61 Å². The molecule has 2 rings (SSSR count). The van der Waals surface area contributed by atoms with Gasteiger partial charge in [0.25, 0.3) is 0 Å². The highest BCUT2D eigenvalue weighted by Gasteiger charge is 2.23.